The van der Waals surface area contributed by atoms with E-state index < -0.39 is 0 Å². The summed E-state index contributed by atoms with van der Waals surface area (Å²) in [6.45, 7) is 3.90. The number of para-hydroxylation sites is 1. The van der Waals surface area contributed by atoms with Crippen LogP contribution in [0.3, 0.4) is 0 Å². The van der Waals surface area contributed by atoms with Gasteiger partial charge in [-0.1, -0.05) is 18.2 Å². The molecule has 1 saturated heterocycles. The van der Waals surface area contributed by atoms with Crippen molar-refractivity contribution in [3.05, 3.63) is 41.4 Å². The zero-order valence-electron chi connectivity index (χ0n) is 13.2. The van der Waals surface area contributed by atoms with Gasteiger partial charge in [-0.15, -0.1) is 11.3 Å². The molecule has 1 aromatic heterocycles. The molecular formula is C17H21N3O2S. The summed E-state index contributed by atoms with van der Waals surface area (Å²) in [5.74, 6) is 0.710. The molecule has 1 aliphatic rings. The van der Waals surface area contributed by atoms with Crippen molar-refractivity contribution in [3.63, 3.8) is 0 Å². The fraction of sp³-hybridized carbons (Fsp3) is 0.412. The number of aryl methyl sites for hydroxylation is 1. The Balaban J connectivity index is 1.42. The second-order valence-electron chi connectivity index (χ2n) is 5.70. The molecule has 1 aliphatic heterocycles. The van der Waals surface area contributed by atoms with E-state index in [1.165, 1.54) is 0 Å². The van der Waals surface area contributed by atoms with Crippen molar-refractivity contribution in [1.29, 1.82) is 0 Å². The van der Waals surface area contributed by atoms with E-state index >= 15 is 0 Å². The predicted octanol–water partition coefficient (Wildman–Crippen LogP) is 2.62. The second-order valence-corrected chi connectivity index (χ2v) is 6.57. The number of hydrogen-bond acceptors (Lipinski definition) is 5. The minimum atomic E-state index is -0.0547. The van der Waals surface area contributed by atoms with Gasteiger partial charge in [-0.2, -0.15) is 0 Å². The van der Waals surface area contributed by atoms with Gasteiger partial charge in [0.2, 0.25) is 0 Å². The predicted molar refractivity (Wildman–Crippen MR) is 92.2 cm³/mol. The Labute approximate surface area is 140 Å². The maximum absolute atomic E-state index is 12.0. The first kappa shape index (κ1) is 15.8. The van der Waals surface area contributed by atoms with E-state index in [1.807, 2.05) is 42.8 Å². The molecule has 23 heavy (non-hydrogen) atoms. The highest BCUT2D eigenvalue weighted by Gasteiger charge is 2.22. The van der Waals surface area contributed by atoms with Crippen LogP contribution in [-0.4, -0.2) is 36.6 Å². The Kier molecular flexibility index (Phi) is 5.12. The summed E-state index contributed by atoms with van der Waals surface area (Å²) in [6.07, 6.45) is 3.71. The van der Waals surface area contributed by atoms with Crippen LogP contribution >= 0.6 is 11.3 Å². The number of anilines is 1. The average molecular weight is 331 g/mol. The molecule has 0 atom stereocenters. The van der Waals surface area contributed by atoms with Gasteiger partial charge in [-0.05, 0) is 31.4 Å². The lowest BCUT2D eigenvalue weighted by Gasteiger charge is -2.32. The van der Waals surface area contributed by atoms with Crippen LogP contribution < -0.4 is 15.0 Å². The molecule has 1 amide bonds. The largest absolute Gasteiger partial charge is 0.484 e. The summed E-state index contributed by atoms with van der Waals surface area (Å²) in [7, 11) is 0. The van der Waals surface area contributed by atoms with Gasteiger partial charge < -0.3 is 15.0 Å². The van der Waals surface area contributed by atoms with Crippen molar-refractivity contribution in [2.45, 2.75) is 25.8 Å². The van der Waals surface area contributed by atoms with Gasteiger partial charge in [0.25, 0.3) is 5.91 Å². The first-order valence-corrected chi connectivity index (χ1v) is 8.72. The number of amides is 1. The van der Waals surface area contributed by atoms with Crippen LogP contribution in [0, 0.1) is 6.92 Å². The molecule has 0 unspecified atom stereocenters. The molecule has 1 aromatic carbocycles. The number of nitrogens with zero attached hydrogens (tertiary/aromatic N) is 2. The van der Waals surface area contributed by atoms with Crippen LogP contribution in [0.25, 0.3) is 0 Å². The molecule has 6 heteroatoms. The Morgan fingerprint density at radius 1 is 1.39 bits per heavy atom. The van der Waals surface area contributed by atoms with E-state index in [2.05, 4.69) is 15.2 Å². The van der Waals surface area contributed by atoms with Crippen LogP contribution in [0.1, 0.15) is 18.4 Å². The SMILES string of the molecule is Cc1ccccc1OCC(=O)NC1CCN(c2nccs2)CC1. The highest BCUT2D eigenvalue weighted by Crippen LogP contribution is 2.22. The van der Waals surface area contributed by atoms with Crippen molar-refractivity contribution in [3.8, 4) is 5.75 Å². The van der Waals surface area contributed by atoms with E-state index in [-0.39, 0.29) is 18.6 Å². The lowest BCUT2D eigenvalue weighted by molar-refractivity contribution is -0.123. The summed E-state index contributed by atoms with van der Waals surface area (Å²) >= 11 is 1.66. The van der Waals surface area contributed by atoms with Crippen molar-refractivity contribution in [2.75, 3.05) is 24.6 Å². The molecule has 2 heterocycles. The summed E-state index contributed by atoms with van der Waals surface area (Å²) in [5, 5.41) is 6.13. The number of rotatable bonds is 5. The Bertz CT molecular complexity index is 637. The molecule has 0 radical (unpaired) electrons. The van der Waals surface area contributed by atoms with Gasteiger partial charge in [-0.3, -0.25) is 4.79 Å². The van der Waals surface area contributed by atoms with Crippen LogP contribution in [0.2, 0.25) is 0 Å². The van der Waals surface area contributed by atoms with Crippen molar-refractivity contribution in [1.82, 2.24) is 10.3 Å². The number of piperidine rings is 1. The number of benzene rings is 1. The molecule has 1 N–H and O–H groups in total. The lowest BCUT2D eigenvalue weighted by Crippen LogP contribution is -2.46. The monoisotopic (exact) mass is 331 g/mol. The maximum atomic E-state index is 12.0. The van der Waals surface area contributed by atoms with Gasteiger partial charge in [0.1, 0.15) is 5.75 Å². The number of thiazole rings is 1. The number of nitrogens with one attached hydrogen (secondary N) is 1. The van der Waals surface area contributed by atoms with Crippen LogP contribution in [0.15, 0.2) is 35.8 Å². The Hall–Kier alpha value is -2.08. The van der Waals surface area contributed by atoms with E-state index in [9.17, 15) is 4.79 Å². The Morgan fingerprint density at radius 2 is 2.17 bits per heavy atom. The van der Waals surface area contributed by atoms with Gasteiger partial charge in [0.05, 0.1) is 0 Å². The lowest BCUT2D eigenvalue weighted by atomic mass is 10.1. The molecule has 5 nitrogen and oxygen atoms in total. The molecule has 2 aromatic rings. The van der Waals surface area contributed by atoms with E-state index in [4.69, 9.17) is 4.74 Å². The summed E-state index contributed by atoms with van der Waals surface area (Å²) in [4.78, 5) is 18.7. The zero-order valence-corrected chi connectivity index (χ0v) is 14.0. The second kappa shape index (κ2) is 7.46. The van der Waals surface area contributed by atoms with E-state index in [0.29, 0.717) is 0 Å². The summed E-state index contributed by atoms with van der Waals surface area (Å²) < 4.78 is 5.59. The number of ether oxygens (including phenoxy) is 1. The normalized spacial score (nSPS) is 15.4. The molecule has 1 fully saturated rings. The number of carbonyl (C=O) groups is 1. The minimum absolute atomic E-state index is 0.0547. The van der Waals surface area contributed by atoms with Gasteiger partial charge >= 0.3 is 0 Å². The first-order chi connectivity index (χ1) is 11.2. The third kappa shape index (κ3) is 4.22. The number of hydrogen-bond donors (Lipinski definition) is 1. The van der Waals surface area contributed by atoms with Gasteiger partial charge in [-0.25, -0.2) is 4.98 Å². The smallest absolute Gasteiger partial charge is 0.258 e. The maximum Gasteiger partial charge on any atom is 0.258 e. The summed E-state index contributed by atoms with van der Waals surface area (Å²) in [6, 6.07) is 7.95. The number of carbonyl (C=O) groups excluding carboxylic acids is 1. The molecule has 0 bridgehead atoms. The average Bonchev–Trinajstić information content (AvgIpc) is 3.09. The van der Waals surface area contributed by atoms with Crippen LogP contribution in [0.4, 0.5) is 5.13 Å². The molecule has 0 saturated carbocycles. The topological polar surface area (TPSA) is 54.5 Å². The van der Waals surface area contributed by atoms with Crippen molar-refractivity contribution >= 4 is 22.4 Å². The highest BCUT2D eigenvalue weighted by atomic mass is 32.1. The van der Waals surface area contributed by atoms with Gasteiger partial charge in [0, 0.05) is 30.7 Å². The van der Waals surface area contributed by atoms with Crippen molar-refractivity contribution < 1.29 is 9.53 Å². The summed E-state index contributed by atoms with van der Waals surface area (Å²) in [5.41, 5.74) is 1.04. The third-order valence-electron chi connectivity index (χ3n) is 4.00. The van der Waals surface area contributed by atoms with E-state index in [0.717, 1.165) is 42.4 Å². The fourth-order valence-corrected chi connectivity index (χ4v) is 3.42. The molecule has 3 rings (SSSR count). The highest BCUT2D eigenvalue weighted by molar-refractivity contribution is 7.13. The standard InChI is InChI=1S/C17H21N3O2S/c1-13-4-2-3-5-15(13)22-12-16(21)19-14-6-9-20(10-7-14)17-18-8-11-23-17/h2-5,8,11,14H,6-7,9-10,12H2,1H3,(H,19,21). The van der Waals surface area contributed by atoms with Gasteiger partial charge in [0.15, 0.2) is 11.7 Å². The molecule has 0 spiro atoms. The van der Waals surface area contributed by atoms with E-state index in [1.54, 1.807) is 11.3 Å². The number of aromatic nitrogens is 1. The third-order valence-corrected chi connectivity index (χ3v) is 4.83. The molecule has 122 valence electrons. The molecular weight excluding hydrogens is 310 g/mol. The minimum Gasteiger partial charge on any atom is -0.484 e. The zero-order chi connectivity index (χ0) is 16.1. The first-order valence-electron chi connectivity index (χ1n) is 7.84. The van der Waals surface area contributed by atoms with Crippen molar-refractivity contribution in [2.24, 2.45) is 0 Å². The quantitative estimate of drug-likeness (QED) is 0.915. The van der Waals surface area contributed by atoms with Crippen LogP contribution in [-0.2, 0) is 4.79 Å². The fourth-order valence-electron chi connectivity index (χ4n) is 2.72. The van der Waals surface area contributed by atoms with Crippen LogP contribution in [0.5, 0.6) is 5.75 Å². The Morgan fingerprint density at radius 3 is 2.87 bits per heavy atom. The molecule has 0 aliphatic carbocycles.